The number of aliphatic carboxylic acids is 1. The summed E-state index contributed by atoms with van der Waals surface area (Å²) in [6, 6.07) is 0. The summed E-state index contributed by atoms with van der Waals surface area (Å²) < 4.78 is 5.22. The van der Waals surface area contributed by atoms with E-state index in [1.165, 1.54) is 4.90 Å². The van der Waals surface area contributed by atoms with Crippen LogP contribution in [-0.2, 0) is 9.53 Å². The van der Waals surface area contributed by atoms with E-state index in [1.807, 2.05) is 0 Å². The smallest absolute Gasteiger partial charge is 0.410 e. The molecule has 1 aliphatic heterocycles. The topological polar surface area (TPSA) is 78.9 Å². The van der Waals surface area contributed by atoms with E-state index < -0.39 is 23.2 Å². The van der Waals surface area contributed by atoms with Gasteiger partial charge in [0.2, 0.25) is 0 Å². The van der Waals surface area contributed by atoms with Crippen LogP contribution in [0.25, 0.3) is 0 Å². The summed E-state index contributed by atoms with van der Waals surface area (Å²) in [5.41, 5.74) is -1.67. The molecule has 0 bridgehead atoms. The molecule has 1 fully saturated rings. The van der Waals surface area contributed by atoms with Crippen LogP contribution in [0.2, 0.25) is 0 Å². The average molecular weight is 244 g/mol. The average Bonchev–Trinajstić information content (AvgIpc) is 2.15. The van der Waals surface area contributed by atoms with Crippen LogP contribution in [0.5, 0.6) is 0 Å². The molecular weight excluding hydrogens is 224 g/mol. The third-order valence-corrected chi connectivity index (χ3v) is 2.53. The number of carboxylic acid groups (broad SMARTS) is 1. The molecule has 0 aromatic rings. The van der Waals surface area contributed by atoms with Gasteiger partial charge in [0.1, 0.15) is 11.1 Å². The van der Waals surface area contributed by atoms with E-state index in [0.717, 1.165) is 0 Å². The molecule has 0 saturated carbocycles. The van der Waals surface area contributed by atoms with E-state index in [9.17, 15) is 9.59 Å². The molecule has 0 aromatic carbocycles. The summed E-state index contributed by atoms with van der Waals surface area (Å²) in [6.45, 7) is 7.92. The summed E-state index contributed by atoms with van der Waals surface area (Å²) >= 11 is 0. The molecule has 1 aliphatic rings. The zero-order valence-electron chi connectivity index (χ0n) is 10.7. The van der Waals surface area contributed by atoms with E-state index in [4.69, 9.17) is 9.84 Å². The molecule has 1 amide bonds. The number of ether oxygens (including phenoxy) is 1. The Kier molecular flexibility index (Phi) is 3.66. The second-order valence-corrected chi connectivity index (χ2v) is 5.47. The van der Waals surface area contributed by atoms with Crippen molar-refractivity contribution >= 4 is 12.1 Å². The van der Waals surface area contributed by atoms with Gasteiger partial charge in [0.25, 0.3) is 0 Å². The number of piperazine rings is 1. The van der Waals surface area contributed by atoms with Gasteiger partial charge >= 0.3 is 12.1 Å². The normalized spacial score (nSPS) is 25.5. The largest absolute Gasteiger partial charge is 0.480 e. The Labute approximate surface area is 101 Å². The molecule has 1 saturated heterocycles. The number of carbonyl (C=O) groups is 2. The summed E-state index contributed by atoms with van der Waals surface area (Å²) in [4.78, 5) is 24.3. The first-order chi connectivity index (χ1) is 7.64. The Morgan fingerprint density at radius 3 is 2.47 bits per heavy atom. The molecule has 0 aliphatic carbocycles. The number of nitrogens with zero attached hydrogens (tertiary/aromatic N) is 1. The minimum absolute atomic E-state index is 0.108. The van der Waals surface area contributed by atoms with Crippen LogP contribution in [-0.4, -0.2) is 52.8 Å². The summed E-state index contributed by atoms with van der Waals surface area (Å²) in [6.07, 6.45) is -0.466. The monoisotopic (exact) mass is 244 g/mol. The van der Waals surface area contributed by atoms with E-state index in [0.29, 0.717) is 13.1 Å². The summed E-state index contributed by atoms with van der Waals surface area (Å²) in [5.74, 6) is -0.967. The van der Waals surface area contributed by atoms with Crippen molar-refractivity contribution in [3.8, 4) is 0 Å². The molecule has 98 valence electrons. The fourth-order valence-electron chi connectivity index (χ4n) is 1.61. The lowest BCUT2D eigenvalue weighted by Gasteiger charge is -2.38. The van der Waals surface area contributed by atoms with Crippen molar-refractivity contribution in [2.24, 2.45) is 0 Å². The molecule has 0 radical (unpaired) electrons. The van der Waals surface area contributed by atoms with Crippen molar-refractivity contribution in [3.05, 3.63) is 0 Å². The van der Waals surface area contributed by atoms with E-state index >= 15 is 0 Å². The van der Waals surface area contributed by atoms with Gasteiger partial charge in [0.15, 0.2) is 0 Å². The number of hydrogen-bond acceptors (Lipinski definition) is 4. The van der Waals surface area contributed by atoms with Crippen molar-refractivity contribution < 1.29 is 19.4 Å². The Morgan fingerprint density at radius 2 is 2.00 bits per heavy atom. The molecule has 0 unspecified atom stereocenters. The highest BCUT2D eigenvalue weighted by Gasteiger charge is 2.40. The quantitative estimate of drug-likeness (QED) is 0.708. The number of carbonyl (C=O) groups excluding carboxylic acids is 1. The van der Waals surface area contributed by atoms with E-state index in [1.54, 1.807) is 27.7 Å². The molecule has 1 atom stereocenters. The lowest BCUT2D eigenvalue weighted by atomic mass is 10.00. The first kappa shape index (κ1) is 13.8. The predicted octanol–water partition coefficient (Wildman–Crippen LogP) is 0.670. The summed E-state index contributed by atoms with van der Waals surface area (Å²) in [5, 5.41) is 12.0. The van der Waals surface area contributed by atoms with Crippen LogP contribution in [0.15, 0.2) is 0 Å². The van der Waals surface area contributed by atoms with Gasteiger partial charge in [-0.2, -0.15) is 0 Å². The zero-order valence-corrected chi connectivity index (χ0v) is 10.7. The van der Waals surface area contributed by atoms with Gasteiger partial charge in [-0.05, 0) is 27.7 Å². The first-order valence-corrected chi connectivity index (χ1v) is 5.60. The minimum Gasteiger partial charge on any atom is -0.480 e. The first-order valence-electron chi connectivity index (χ1n) is 5.60. The SMILES string of the molecule is CC(C)(C)OC(=O)N1CCN[C@@](C)(C(=O)O)C1. The molecule has 6 heteroatoms. The Morgan fingerprint density at radius 1 is 1.41 bits per heavy atom. The Hall–Kier alpha value is -1.30. The van der Waals surface area contributed by atoms with Crippen molar-refractivity contribution in [1.82, 2.24) is 10.2 Å². The zero-order chi connectivity index (χ0) is 13.3. The maximum absolute atomic E-state index is 11.8. The highest BCUT2D eigenvalue weighted by atomic mass is 16.6. The Balaban J connectivity index is 2.67. The van der Waals surface area contributed by atoms with E-state index in [-0.39, 0.29) is 6.54 Å². The van der Waals surface area contributed by atoms with Crippen LogP contribution >= 0.6 is 0 Å². The number of rotatable bonds is 1. The summed E-state index contributed by atoms with van der Waals surface area (Å²) in [7, 11) is 0. The van der Waals surface area contributed by atoms with Crippen LogP contribution < -0.4 is 5.32 Å². The molecule has 17 heavy (non-hydrogen) atoms. The molecule has 1 heterocycles. The third-order valence-electron chi connectivity index (χ3n) is 2.53. The molecular formula is C11H20N2O4. The van der Waals surface area contributed by atoms with Gasteiger partial charge in [-0.25, -0.2) is 4.79 Å². The number of amides is 1. The van der Waals surface area contributed by atoms with Gasteiger partial charge < -0.3 is 14.7 Å². The van der Waals surface area contributed by atoms with Gasteiger partial charge in [0.05, 0.1) is 6.54 Å². The molecule has 0 aromatic heterocycles. The Bertz CT molecular complexity index is 324. The predicted molar refractivity (Wildman–Crippen MR) is 61.9 cm³/mol. The fraction of sp³-hybridized carbons (Fsp3) is 0.818. The fourth-order valence-corrected chi connectivity index (χ4v) is 1.61. The number of nitrogens with one attached hydrogen (secondary N) is 1. The van der Waals surface area contributed by atoms with Crippen molar-refractivity contribution in [3.63, 3.8) is 0 Å². The van der Waals surface area contributed by atoms with Crippen LogP contribution in [0, 0.1) is 0 Å². The van der Waals surface area contributed by atoms with Gasteiger partial charge in [0, 0.05) is 13.1 Å². The third kappa shape index (κ3) is 3.59. The van der Waals surface area contributed by atoms with Gasteiger partial charge in [-0.3, -0.25) is 10.1 Å². The van der Waals surface area contributed by atoms with Gasteiger partial charge in [-0.15, -0.1) is 0 Å². The lowest BCUT2D eigenvalue weighted by molar-refractivity contribution is -0.145. The molecule has 1 rings (SSSR count). The van der Waals surface area contributed by atoms with Crippen molar-refractivity contribution in [2.45, 2.75) is 38.8 Å². The number of hydrogen-bond donors (Lipinski definition) is 2. The maximum Gasteiger partial charge on any atom is 0.410 e. The standard InChI is InChI=1S/C11H20N2O4/c1-10(2,3)17-9(16)13-6-5-12-11(4,7-13)8(14)15/h12H,5-7H2,1-4H3,(H,14,15)/t11-/m1/s1. The van der Waals surface area contributed by atoms with E-state index in [2.05, 4.69) is 5.32 Å². The number of carboxylic acids is 1. The highest BCUT2D eigenvalue weighted by Crippen LogP contribution is 2.15. The maximum atomic E-state index is 11.8. The lowest BCUT2D eigenvalue weighted by Crippen LogP contribution is -2.64. The van der Waals surface area contributed by atoms with Crippen molar-refractivity contribution in [2.75, 3.05) is 19.6 Å². The minimum atomic E-state index is -1.10. The highest BCUT2D eigenvalue weighted by molar-refractivity contribution is 5.80. The van der Waals surface area contributed by atoms with Crippen LogP contribution in [0.3, 0.4) is 0 Å². The second kappa shape index (κ2) is 4.52. The molecule has 6 nitrogen and oxygen atoms in total. The molecule has 2 N–H and O–H groups in total. The molecule has 0 spiro atoms. The second-order valence-electron chi connectivity index (χ2n) is 5.47. The van der Waals surface area contributed by atoms with Crippen molar-refractivity contribution in [1.29, 1.82) is 0 Å². The van der Waals surface area contributed by atoms with Crippen LogP contribution in [0.1, 0.15) is 27.7 Å². The van der Waals surface area contributed by atoms with Crippen LogP contribution in [0.4, 0.5) is 4.79 Å². The van der Waals surface area contributed by atoms with Gasteiger partial charge in [-0.1, -0.05) is 0 Å².